The fourth-order valence-corrected chi connectivity index (χ4v) is 15.6. The maximum absolute atomic E-state index is 12.1. The number of ether oxygens (including phenoxy) is 1. The van der Waals surface area contributed by atoms with Crippen molar-refractivity contribution in [1.82, 2.24) is 5.32 Å². The smallest absolute Gasteiger partial charge is 0.337 e. The predicted molar refractivity (Wildman–Crippen MR) is 199 cm³/mol. The Labute approximate surface area is 297 Å². The predicted octanol–water partition coefficient (Wildman–Crippen LogP) is 7.78. The molecule has 0 bridgehead atoms. The number of hydrogen-bond donors (Lipinski definition) is 1. The molecule has 49 heavy (non-hydrogen) atoms. The molecule has 7 rings (SSSR count). The lowest BCUT2D eigenvalue weighted by molar-refractivity contribution is -0.905. The van der Waals surface area contributed by atoms with Gasteiger partial charge in [0.1, 0.15) is 0 Å². The molecule has 0 aromatic heterocycles. The molecule has 7 heteroatoms. The molecule has 9 unspecified atom stereocenters. The number of hydrogen-bond acceptors (Lipinski definition) is 5. The fourth-order valence-electron chi connectivity index (χ4n) is 14.0. The molecule has 0 radical (unpaired) electrons. The van der Waals surface area contributed by atoms with Gasteiger partial charge in [-0.2, -0.15) is 0 Å². The average Bonchev–Trinajstić information content (AvgIpc) is 3.38. The highest BCUT2D eigenvalue weighted by atomic mass is 32.2. The number of carbonyl (C=O) groups is 1. The summed E-state index contributed by atoms with van der Waals surface area (Å²) in [5, 5.41) is 4.25. The Balaban J connectivity index is 1.12. The molecular formula is C42H65N2O4S+. The van der Waals surface area contributed by atoms with Gasteiger partial charge in [-0.25, -0.2) is 13.2 Å². The lowest BCUT2D eigenvalue weighted by Gasteiger charge is -2.72. The molecule has 9 atom stereocenters. The SMILES string of the molecule is COC(=O)c1ccc(C2=CCC3(C)C(CCC4(C)C3CCC3C5C(C)CCC5(NCC[N+]5(C)CCS(=O)(=O)CC5)CCC34C)C2(C)C)cc1. The molecule has 1 saturated heterocycles. The van der Waals surface area contributed by atoms with E-state index in [0.29, 0.717) is 33.8 Å². The molecule has 1 aromatic carbocycles. The van der Waals surface area contributed by atoms with Crippen LogP contribution in [0.4, 0.5) is 0 Å². The van der Waals surface area contributed by atoms with Crippen LogP contribution in [0, 0.1) is 51.2 Å². The first-order valence-electron chi connectivity index (χ1n) is 19.6. The highest BCUT2D eigenvalue weighted by molar-refractivity contribution is 7.91. The molecule has 272 valence electrons. The summed E-state index contributed by atoms with van der Waals surface area (Å²) in [4.78, 5) is 12.1. The number of carbonyl (C=O) groups excluding carboxylic acids is 1. The van der Waals surface area contributed by atoms with Gasteiger partial charge in [-0.1, -0.05) is 59.8 Å². The third kappa shape index (κ3) is 5.43. The van der Waals surface area contributed by atoms with Gasteiger partial charge in [-0.15, -0.1) is 0 Å². The first-order chi connectivity index (χ1) is 22.9. The van der Waals surface area contributed by atoms with Crippen molar-refractivity contribution in [1.29, 1.82) is 0 Å². The molecule has 5 aliphatic carbocycles. The number of sulfone groups is 1. The second kappa shape index (κ2) is 11.9. The number of nitrogens with zero attached hydrogens (tertiary/aromatic N) is 1. The number of likely N-dealkylation sites (N-methyl/N-ethyl adjacent to an activating group) is 1. The Kier molecular flexibility index (Phi) is 8.68. The zero-order valence-electron chi connectivity index (χ0n) is 31.9. The van der Waals surface area contributed by atoms with Crippen molar-refractivity contribution in [2.24, 2.45) is 51.2 Å². The summed E-state index contributed by atoms with van der Waals surface area (Å²) >= 11 is 0. The van der Waals surface area contributed by atoms with Crippen LogP contribution in [0.25, 0.3) is 5.57 Å². The topological polar surface area (TPSA) is 72.5 Å². The third-order valence-electron chi connectivity index (χ3n) is 17.0. The van der Waals surface area contributed by atoms with Crippen molar-refractivity contribution in [3.05, 3.63) is 41.5 Å². The minimum atomic E-state index is -2.85. The molecule has 6 aliphatic rings. The molecular weight excluding hydrogens is 629 g/mol. The standard InChI is InChI=1S/C42H65N2O4S/c1-29-15-20-42(43-23-24-44(7)25-27-49(46,47)28-26-44)22-21-40(5)33(36(29)42)13-14-35-39(4)18-16-32(30-9-11-31(12-10-30)37(45)48-8)38(2,3)34(39)17-19-41(35,40)6/h9-12,16,29,33-36,43H,13-15,17-28H2,1-8H3/q+1. The van der Waals surface area contributed by atoms with Crippen LogP contribution in [0.2, 0.25) is 0 Å². The normalized spacial score (nSPS) is 43.3. The van der Waals surface area contributed by atoms with Crippen LogP contribution < -0.4 is 5.32 Å². The van der Waals surface area contributed by atoms with E-state index in [-0.39, 0.29) is 22.3 Å². The van der Waals surface area contributed by atoms with Gasteiger partial charge in [0.15, 0.2) is 9.84 Å². The van der Waals surface area contributed by atoms with Gasteiger partial charge in [0.25, 0.3) is 0 Å². The van der Waals surface area contributed by atoms with E-state index in [1.165, 1.54) is 69.6 Å². The van der Waals surface area contributed by atoms with E-state index in [0.717, 1.165) is 60.8 Å². The maximum atomic E-state index is 12.1. The van der Waals surface area contributed by atoms with E-state index in [1.807, 2.05) is 12.1 Å². The molecule has 6 nitrogen and oxygen atoms in total. The summed E-state index contributed by atoms with van der Waals surface area (Å²) in [6.07, 6.45) is 14.3. The molecule has 0 spiro atoms. The number of quaternary nitrogens is 1. The number of benzene rings is 1. The van der Waals surface area contributed by atoms with Crippen LogP contribution in [0.5, 0.6) is 0 Å². The Morgan fingerprint density at radius 2 is 1.59 bits per heavy atom. The lowest BCUT2D eigenvalue weighted by atomic mass is 9.33. The Bertz CT molecular complexity index is 1590. The monoisotopic (exact) mass is 693 g/mol. The molecule has 5 fully saturated rings. The summed E-state index contributed by atoms with van der Waals surface area (Å²) in [5.41, 5.74) is 4.55. The van der Waals surface area contributed by atoms with Crippen molar-refractivity contribution >= 4 is 21.4 Å². The van der Waals surface area contributed by atoms with Crippen molar-refractivity contribution in [2.45, 2.75) is 105 Å². The van der Waals surface area contributed by atoms with Gasteiger partial charge < -0.3 is 14.5 Å². The summed E-state index contributed by atoms with van der Waals surface area (Å²) in [5.74, 6) is 3.98. The second-order valence-corrected chi connectivity index (χ2v) is 21.7. The van der Waals surface area contributed by atoms with Crippen LogP contribution in [0.3, 0.4) is 0 Å². The van der Waals surface area contributed by atoms with Gasteiger partial charge in [-0.3, -0.25) is 0 Å². The van der Waals surface area contributed by atoms with E-state index < -0.39 is 9.84 Å². The molecule has 1 aromatic rings. The van der Waals surface area contributed by atoms with Crippen molar-refractivity contribution in [2.75, 3.05) is 51.8 Å². The van der Waals surface area contributed by atoms with E-state index >= 15 is 0 Å². The summed E-state index contributed by atoms with van der Waals surface area (Å²) in [6.45, 7) is 19.2. The van der Waals surface area contributed by atoms with Gasteiger partial charge in [0.2, 0.25) is 0 Å². The maximum Gasteiger partial charge on any atom is 0.337 e. The van der Waals surface area contributed by atoms with Crippen LogP contribution in [0.15, 0.2) is 30.3 Å². The lowest BCUT2D eigenvalue weighted by Crippen LogP contribution is -2.68. The number of rotatable bonds is 6. The van der Waals surface area contributed by atoms with Gasteiger partial charge in [0, 0.05) is 12.1 Å². The average molecular weight is 694 g/mol. The van der Waals surface area contributed by atoms with Crippen LogP contribution in [-0.2, 0) is 14.6 Å². The molecule has 4 saturated carbocycles. The summed E-state index contributed by atoms with van der Waals surface area (Å²) in [6, 6.07) is 8.11. The van der Waals surface area contributed by atoms with Crippen LogP contribution >= 0.6 is 0 Å². The fraction of sp³-hybridized carbons (Fsp3) is 0.786. The number of allylic oxidation sites excluding steroid dienone is 2. The molecule has 1 N–H and O–H groups in total. The van der Waals surface area contributed by atoms with Crippen molar-refractivity contribution in [3.8, 4) is 0 Å². The highest BCUT2D eigenvalue weighted by Crippen LogP contribution is 2.76. The van der Waals surface area contributed by atoms with Gasteiger partial charge in [-0.05, 0) is 132 Å². The molecule has 0 amide bonds. The zero-order chi connectivity index (χ0) is 35.3. The van der Waals surface area contributed by atoms with E-state index in [2.05, 4.69) is 72.1 Å². The summed E-state index contributed by atoms with van der Waals surface area (Å²) in [7, 11) is 0.864. The van der Waals surface area contributed by atoms with Crippen molar-refractivity contribution in [3.63, 3.8) is 0 Å². The number of methoxy groups -OCH3 is 1. The number of fused-ring (bicyclic) bond motifs is 7. The Hall–Kier alpha value is -1.70. The first-order valence-corrected chi connectivity index (χ1v) is 21.4. The Morgan fingerprint density at radius 1 is 0.898 bits per heavy atom. The number of esters is 1. The summed E-state index contributed by atoms with van der Waals surface area (Å²) < 4.78 is 30.1. The molecule has 1 heterocycles. The van der Waals surface area contributed by atoms with E-state index in [1.54, 1.807) is 0 Å². The highest BCUT2D eigenvalue weighted by Gasteiger charge is 2.70. The van der Waals surface area contributed by atoms with Crippen LogP contribution in [0.1, 0.15) is 115 Å². The van der Waals surface area contributed by atoms with Gasteiger partial charge >= 0.3 is 5.97 Å². The van der Waals surface area contributed by atoms with Gasteiger partial charge in [0.05, 0.1) is 50.9 Å². The minimum Gasteiger partial charge on any atom is -0.465 e. The minimum absolute atomic E-state index is 0.0577. The molecule has 1 aliphatic heterocycles. The first kappa shape index (κ1) is 35.7. The number of nitrogens with one attached hydrogen (secondary N) is 1. The van der Waals surface area contributed by atoms with E-state index in [9.17, 15) is 13.2 Å². The largest absolute Gasteiger partial charge is 0.465 e. The Morgan fingerprint density at radius 3 is 2.27 bits per heavy atom. The van der Waals surface area contributed by atoms with Crippen molar-refractivity contribution < 1.29 is 22.4 Å². The van der Waals surface area contributed by atoms with E-state index in [4.69, 9.17) is 4.74 Å². The second-order valence-electron chi connectivity index (χ2n) is 19.3. The zero-order valence-corrected chi connectivity index (χ0v) is 32.7. The quantitative estimate of drug-likeness (QED) is 0.243. The third-order valence-corrected chi connectivity index (χ3v) is 18.6. The van der Waals surface area contributed by atoms with Crippen LogP contribution in [-0.4, -0.2) is 76.3 Å².